The van der Waals surface area contributed by atoms with Crippen molar-refractivity contribution in [2.75, 3.05) is 11.6 Å². The highest BCUT2D eigenvalue weighted by Gasteiger charge is 2.29. The second-order valence-electron chi connectivity index (χ2n) is 5.23. The van der Waals surface area contributed by atoms with Crippen molar-refractivity contribution in [2.45, 2.75) is 37.0 Å². The summed E-state index contributed by atoms with van der Waals surface area (Å²) in [6.07, 6.45) is 4.32. The van der Waals surface area contributed by atoms with E-state index in [9.17, 15) is 8.42 Å². The van der Waals surface area contributed by atoms with E-state index in [1.54, 1.807) is 18.2 Å². The van der Waals surface area contributed by atoms with Gasteiger partial charge in [-0.3, -0.25) is 0 Å². The first-order chi connectivity index (χ1) is 9.41. The molecule has 0 bridgehead atoms. The van der Waals surface area contributed by atoms with Crippen molar-refractivity contribution in [3.8, 4) is 6.07 Å². The van der Waals surface area contributed by atoms with Crippen LogP contribution in [0.15, 0.2) is 18.2 Å². The van der Waals surface area contributed by atoms with Gasteiger partial charge >= 0.3 is 0 Å². The fourth-order valence-electron chi connectivity index (χ4n) is 2.63. The molecule has 20 heavy (non-hydrogen) atoms. The van der Waals surface area contributed by atoms with E-state index in [4.69, 9.17) is 16.9 Å². The Morgan fingerprint density at radius 1 is 1.40 bits per heavy atom. The molecule has 0 aliphatic heterocycles. The Balaban J connectivity index is 2.17. The molecule has 0 aromatic heterocycles. The summed E-state index contributed by atoms with van der Waals surface area (Å²) in [5.74, 6) is 0. The Labute approximate surface area is 124 Å². The molecule has 0 amide bonds. The van der Waals surface area contributed by atoms with Crippen LogP contribution in [-0.2, 0) is 9.84 Å². The summed E-state index contributed by atoms with van der Waals surface area (Å²) in [7, 11) is -3.01. The molecule has 1 fully saturated rings. The van der Waals surface area contributed by atoms with E-state index in [-0.39, 0.29) is 11.3 Å². The van der Waals surface area contributed by atoms with Crippen LogP contribution < -0.4 is 5.32 Å². The average molecular weight is 313 g/mol. The number of nitrogens with zero attached hydrogens (tertiary/aromatic N) is 1. The van der Waals surface area contributed by atoms with Gasteiger partial charge in [-0.05, 0) is 31.4 Å². The fraction of sp³-hybridized carbons (Fsp3) is 0.500. The zero-order valence-electron chi connectivity index (χ0n) is 11.3. The van der Waals surface area contributed by atoms with Gasteiger partial charge in [-0.25, -0.2) is 8.42 Å². The maximum Gasteiger partial charge on any atom is 0.150 e. The molecule has 0 unspecified atom stereocenters. The number of benzene rings is 1. The summed E-state index contributed by atoms with van der Waals surface area (Å²) < 4.78 is 23.3. The van der Waals surface area contributed by atoms with Gasteiger partial charge in [0.2, 0.25) is 0 Å². The first-order valence-electron chi connectivity index (χ1n) is 6.56. The average Bonchev–Trinajstić information content (AvgIpc) is 2.40. The highest BCUT2D eigenvalue weighted by Crippen LogP contribution is 2.31. The molecule has 1 aliphatic rings. The summed E-state index contributed by atoms with van der Waals surface area (Å²) in [6, 6.07) is 7.29. The van der Waals surface area contributed by atoms with Gasteiger partial charge < -0.3 is 5.32 Å². The van der Waals surface area contributed by atoms with Crippen LogP contribution in [0.4, 0.5) is 5.69 Å². The molecule has 2 rings (SSSR count). The van der Waals surface area contributed by atoms with Crippen LogP contribution >= 0.6 is 11.6 Å². The largest absolute Gasteiger partial charge is 0.380 e. The minimum atomic E-state index is -3.01. The fourth-order valence-corrected chi connectivity index (χ4v) is 4.04. The lowest BCUT2D eigenvalue weighted by molar-refractivity contribution is 0.453. The predicted molar refractivity (Wildman–Crippen MR) is 80.7 cm³/mol. The molecule has 1 aliphatic carbocycles. The molecule has 0 spiro atoms. The van der Waals surface area contributed by atoms with Crippen LogP contribution in [0.2, 0.25) is 5.02 Å². The van der Waals surface area contributed by atoms with Crippen molar-refractivity contribution in [3.63, 3.8) is 0 Å². The lowest BCUT2D eigenvalue weighted by Crippen LogP contribution is -2.34. The second kappa shape index (κ2) is 6.02. The van der Waals surface area contributed by atoms with Gasteiger partial charge in [0.25, 0.3) is 0 Å². The van der Waals surface area contributed by atoms with Gasteiger partial charge in [0, 0.05) is 12.3 Å². The highest BCUT2D eigenvalue weighted by atomic mass is 35.5. The molecule has 1 saturated carbocycles. The smallest absolute Gasteiger partial charge is 0.150 e. The summed E-state index contributed by atoms with van der Waals surface area (Å²) in [5, 5.41) is 12.5. The number of anilines is 1. The van der Waals surface area contributed by atoms with Crippen LogP contribution in [-0.4, -0.2) is 26.0 Å². The third-order valence-electron chi connectivity index (χ3n) is 3.71. The molecule has 6 heteroatoms. The minimum Gasteiger partial charge on any atom is -0.380 e. The summed E-state index contributed by atoms with van der Waals surface area (Å²) in [6.45, 7) is 0. The van der Waals surface area contributed by atoms with Gasteiger partial charge in [-0.2, -0.15) is 5.26 Å². The Hall–Kier alpha value is -1.25. The normalized spacial score (nSPS) is 23.1. The topological polar surface area (TPSA) is 70.0 Å². The Morgan fingerprint density at radius 2 is 2.15 bits per heavy atom. The number of para-hydroxylation sites is 1. The predicted octanol–water partition coefficient (Wildman–Crippen LogP) is 2.98. The Kier molecular flexibility index (Phi) is 4.56. The number of hydrogen-bond donors (Lipinski definition) is 1. The van der Waals surface area contributed by atoms with E-state index in [2.05, 4.69) is 11.4 Å². The Bertz CT molecular complexity index is 637. The third-order valence-corrected chi connectivity index (χ3v) is 5.67. The quantitative estimate of drug-likeness (QED) is 0.931. The van der Waals surface area contributed by atoms with Gasteiger partial charge in [0.05, 0.1) is 21.5 Å². The van der Waals surface area contributed by atoms with E-state index in [0.29, 0.717) is 29.1 Å². The van der Waals surface area contributed by atoms with E-state index in [0.717, 1.165) is 12.8 Å². The van der Waals surface area contributed by atoms with Gasteiger partial charge in [0.1, 0.15) is 15.9 Å². The van der Waals surface area contributed by atoms with Crippen LogP contribution in [0.3, 0.4) is 0 Å². The van der Waals surface area contributed by atoms with E-state index < -0.39 is 9.84 Å². The number of sulfone groups is 1. The lowest BCUT2D eigenvalue weighted by Gasteiger charge is -2.29. The molecule has 2 atom stereocenters. The first-order valence-corrected chi connectivity index (χ1v) is 8.89. The van der Waals surface area contributed by atoms with Crippen molar-refractivity contribution in [1.82, 2.24) is 0 Å². The van der Waals surface area contributed by atoms with Crippen LogP contribution in [0, 0.1) is 11.3 Å². The molecule has 0 heterocycles. The standard InChI is InChI=1S/C14H17ClN2O2S/c1-20(18,19)12-6-3-5-11(8-12)17-14-10(9-16)4-2-7-13(14)15/h2,4,7,11-12,17H,3,5-6,8H2,1H3/t11-,12-/m1/s1. The van der Waals surface area contributed by atoms with Crippen molar-refractivity contribution < 1.29 is 8.42 Å². The van der Waals surface area contributed by atoms with Crippen molar-refractivity contribution in [1.29, 1.82) is 5.26 Å². The molecule has 4 nitrogen and oxygen atoms in total. The third kappa shape index (κ3) is 3.44. The number of hydrogen-bond acceptors (Lipinski definition) is 4. The zero-order valence-corrected chi connectivity index (χ0v) is 12.8. The number of nitriles is 1. The van der Waals surface area contributed by atoms with Crippen LogP contribution in [0.25, 0.3) is 0 Å². The number of rotatable bonds is 3. The molecular weight excluding hydrogens is 296 g/mol. The van der Waals surface area contributed by atoms with Gasteiger partial charge in [-0.1, -0.05) is 24.1 Å². The van der Waals surface area contributed by atoms with Crippen LogP contribution in [0.5, 0.6) is 0 Å². The van der Waals surface area contributed by atoms with Gasteiger partial charge in [-0.15, -0.1) is 0 Å². The first kappa shape index (κ1) is 15.1. The van der Waals surface area contributed by atoms with Crippen LogP contribution in [0.1, 0.15) is 31.2 Å². The molecule has 1 aromatic carbocycles. The van der Waals surface area contributed by atoms with Gasteiger partial charge in [0.15, 0.2) is 0 Å². The SMILES string of the molecule is CS(=O)(=O)[C@@H]1CCC[C@@H](Nc2c(Cl)cccc2C#N)C1. The zero-order chi connectivity index (χ0) is 14.8. The maximum atomic E-state index is 11.7. The Morgan fingerprint density at radius 3 is 2.80 bits per heavy atom. The van der Waals surface area contributed by atoms with E-state index in [1.807, 2.05) is 0 Å². The monoisotopic (exact) mass is 312 g/mol. The van der Waals surface area contributed by atoms with Crippen molar-refractivity contribution in [3.05, 3.63) is 28.8 Å². The molecule has 1 aromatic rings. The molecular formula is C14H17ClN2O2S. The lowest BCUT2D eigenvalue weighted by atomic mass is 9.94. The second-order valence-corrected chi connectivity index (χ2v) is 7.97. The number of nitrogens with one attached hydrogen (secondary N) is 1. The summed E-state index contributed by atoms with van der Waals surface area (Å²) >= 11 is 6.12. The van der Waals surface area contributed by atoms with E-state index >= 15 is 0 Å². The molecule has 1 N–H and O–H groups in total. The highest BCUT2D eigenvalue weighted by molar-refractivity contribution is 7.91. The van der Waals surface area contributed by atoms with Crippen molar-refractivity contribution >= 4 is 27.1 Å². The number of halogens is 1. The minimum absolute atomic E-state index is 0.0375. The summed E-state index contributed by atoms with van der Waals surface area (Å²) in [4.78, 5) is 0. The maximum absolute atomic E-state index is 11.7. The molecule has 108 valence electrons. The van der Waals surface area contributed by atoms with E-state index in [1.165, 1.54) is 6.26 Å². The van der Waals surface area contributed by atoms with Crippen molar-refractivity contribution in [2.24, 2.45) is 0 Å². The molecule has 0 saturated heterocycles. The summed E-state index contributed by atoms with van der Waals surface area (Å²) in [5.41, 5.74) is 1.09. The molecule has 0 radical (unpaired) electrons.